The molecule has 1 atom stereocenters. The molecule has 1 amide bonds. The maximum absolute atomic E-state index is 13.5. The standard InChI is InChI=1S/C16H14ClFINO2/c17-13-5-4-11(8-14(13)18)15(9-21)20-16(22)7-10-2-1-3-12(19)6-10/h1-6,8,15,21H,7,9H2,(H,20,22)/t15-/m1/s1. The smallest absolute Gasteiger partial charge is 0.224 e. The molecular weight excluding hydrogens is 420 g/mol. The van der Waals surface area contributed by atoms with E-state index in [4.69, 9.17) is 11.6 Å². The Bertz CT molecular complexity index is 681. The number of nitrogens with one attached hydrogen (secondary N) is 1. The van der Waals surface area contributed by atoms with E-state index in [-0.39, 0.29) is 24.0 Å². The number of amides is 1. The van der Waals surface area contributed by atoms with Gasteiger partial charge in [-0.05, 0) is 58.0 Å². The van der Waals surface area contributed by atoms with E-state index in [9.17, 15) is 14.3 Å². The van der Waals surface area contributed by atoms with Gasteiger partial charge in [0.05, 0.1) is 24.1 Å². The molecular formula is C16H14ClFINO2. The van der Waals surface area contributed by atoms with Crippen molar-refractivity contribution in [2.24, 2.45) is 0 Å². The van der Waals surface area contributed by atoms with Gasteiger partial charge in [0.25, 0.3) is 0 Å². The molecule has 0 spiro atoms. The zero-order chi connectivity index (χ0) is 16.1. The van der Waals surface area contributed by atoms with Crippen LogP contribution in [0.5, 0.6) is 0 Å². The second-order valence-electron chi connectivity index (χ2n) is 4.78. The third kappa shape index (κ3) is 4.66. The van der Waals surface area contributed by atoms with Crippen LogP contribution in [0.25, 0.3) is 0 Å². The SMILES string of the molecule is O=C(Cc1cccc(I)c1)N[C@H](CO)c1ccc(Cl)c(F)c1. The summed E-state index contributed by atoms with van der Waals surface area (Å²) < 4.78 is 14.5. The van der Waals surface area contributed by atoms with Gasteiger partial charge >= 0.3 is 0 Å². The van der Waals surface area contributed by atoms with Crippen LogP contribution < -0.4 is 5.32 Å². The molecule has 0 aliphatic heterocycles. The van der Waals surface area contributed by atoms with Crippen LogP contribution in [0.2, 0.25) is 5.02 Å². The van der Waals surface area contributed by atoms with Crippen molar-refractivity contribution < 1.29 is 14.3 Å². The van der Waals surface area contributed by atoms with Gasteiger partial charge < -0.3 is 10.4 Å². The van der Waals surface area contributed by atoms with Crippen molar-refractivity contribution in [3.05, 3.63) is 68.0 Å². The molecule has 0 fully saturated rings. The molecule has 0 radical (unpaired) electrons. The number of rotatable bonds is 5. The van der Waals surface area contributed by atoms with E-state index < -0.39 is 11.9 Å². The van der Waals surface area contributed by atoms with Crippen LogP contribution in [-0.2, 0) is 11.2 Å². The van der Waals surface area contributed by atoms with Gasteiger partial charge in [0.15, 0.2) is 0 Å². The molecule has 2 N–H and O–H groups in total. The zero-order valence-corrected chi connectivity index (χ0v) is 14.4. The first-order valence-electron chi connectivity index (χ1n) is 6.59. The number of hydrogen-bond acceptors (Lipinski definition) is 2. The minimum atomic E-state index is -0.665. The summed E-state index contributed by atoms with van der Waals surface area (Å²) >= 11 is 7.81. The normalized spacial score (nSPS) is 12.0. The predicted molar refractivity (Wildman–Crippen MR) is 92.2 cm³/mol. The third-order valence-electron chi connectivity index (χ3n) is 3.12. The highest BCUT2D eigenvalue weighted by molar-refractivity contribution is 14.1. The molecule has 0 aliphatic carbocycles. The van der Waals surface area contributed by atoms with E-state index in [0.717, 1.165) is 9.13 Å². The molecule has 3 nitrogen and oxygen atoms in total. The highest BCUT2D eigenvalue weighted by Crippen LogP contribution is 2.20. The molecule has 2 aromatic carbocycles. The van der Waals surface area contributed by atoms with E-state index in [2.05, 4.69) is 27.9 Å². The fourth-order valence-electron chi connectivity index (χ4n) is 2.04. The number of benzene rings is 2. The Morgan fingerprint density at radius 2 is 2.09 bits per heavy atom. The Kier molecular flexibility index (Phi) is 6.16. The van der Waals surface area contributed by atoms with Gasteiger partial charge in [-0.3, -0.25) is 4.79 Å². The topological polar surface area (TPSA) is 49.3 Å². The summed E-state index contributed by atoms with van der Waals surface area (Å²) in [6.07, 6.45) is 0.198. The van der Waals surface area contributed by atoms with Gasteiger partial charge in [-0.15, -0.1) is 0 Å². The van der Waals surface area contributed by atoms with Crippen LogP contribution in [0.1, 0.15) is 17.2 Å². The van der Waals surface area contributed by atoms with Crippen LogP contribution in [0.4, 0.5) is 4.39 Å². The van der Waals surface area contributed by atoms with Gasteiger partial charge in [-0.2, -0.15) is 0 Å². The number of aliphatic hydroxyl groups is 1. The minimum absolute atomic E-state index is 0.00521. The predicted octanol–water partition coefficient (Wildman–Crippen LogP) is 3.48. The Hall–Kier alpha value is -1.18. The van der Waals surface area contributed by atoms with E-state index in [0.29, 0.717) is 5.56 Å². The summed E-state index contributed by atoms with van der Waals surface area (Å²) in [5.74, 6) is -0.819. The number of halogens is 3. The number of aliphatic hydroxyl groups excluding tert-OH is 1. The van der Waals surface area contributed by atoms with Gasteiger partial charge in [0.1, 0.15) is 5.82 Å². The molecule has 22 heavy (non-hydrogen) atoms. The Morgan fingerprint density at radius 1 is 1.32 bits per heavy atom. The van der Waals surface area contributed by atoms with Crippen LogP contribution in [0.15, 0.2) is 42.5 Å². The van der Waals surface area contributed by atoms with Crippen molar-refractivity contribution in [2.45, 2.75) is 12.5 Å². The van der Waals surface area contributed by atoms with Crippen LogP contribution >= 0.6 is 34.2 Å². The summed E-state index contributed by atoms with van der Waals surface area (Å²) in [5.41, 5.74) is 1.35. The highest BCUT2D eigenvalue weighted by atomic mass is 127. The first-order valence-corrected chi connectivity index (χ1v) is 8.05. The molecule has 116 valence electrons. The second-order valence-corrected chi connectivity index (χ2v) is 6.44. The van der Waals surface area contributed by atoms with Crippen LogP contribution in [0.3, 0.4) is 0 Å². The zero-order valence-electron chi connectivity index (χ0n) is 11.5. The van der Waals surface area contributed by atoms with Crippen molar-refractivity contribution >= 4 is 40.1 Å². The molecule has 0 aromatic heterocycles. The molecule has 0 unspecified atom stereocenters. The van der Waals surface area contributed by atoms with E-state index >= 15 is 0 Å². The summed E-state index contributed by atoms with van der Waals surface area (Å²) in [5, 5.41) is 12.1. The molecule has 0 aliphatic rings. The first-order chi connectivity index (χ1) is 10.5. The molecule has 0 bridgehead atoms. The number of carbonyl (C=O) groups is 1. The average Bonchev–Trinajstić information content (AvgIpc) is 2.48. The number of carbonyl (C=O) groups excluding carboxylic acids is 1. The highest BCUT2D eigenvalue weighted by Gasteiger charge is 2.15. The Labute approximate surface area is 146 Å². The van der Waals surface area contributed by atoms with Gasteiger partial charge in [0.2, 0.25) is 5.91 Å². The minimum Gasteiger partial charge on any atom is -0.394 e. The van der Waals surface area contributed by atoms with Crippen molar-refractivity contribution in [3.8, 4) is 0 Å². The summed E-state index contributed by atoms with van der Waals surface area (Å²) in [6, 6.07) is 11.1. The van der Waals surface area contributed by atoms with Gasteiger partial charge in [-0.25, -0.2) is 4.39 Å². The summed E-state index contributed by atoms with van der Waals surface area (Å²) in [7, 11) is 0. The maximum Gasteiger partial charge on any atom is 0.224 e. The largest absolute Gasteiger partial charge is 0.394 e. The molecule has 2 aromatic rings. The number of hydrogen-bond donors (Lipinski definition) is 2. The monoisotopic (exact) mass is 433 g/mol. The summed E-state index contributed by atoms with van der Waals surface area (Å²) in [6.45, 7) is -0.320. The molecule has 0 saturated carbocycles. The average molecular weight is 434 g/mol. The molecule has 0 heterocycles. The second kappa shape index (κ2) is 7.89. The Balaban J connectivity index is 2.06. The van der Waals surface area contributed by atoms with E-state index in [1.54, 1.807) is 6.07 Å². The third-order valence-corrected chi connectivity index (χ3v) is 4.10. The summed E-state index contributed by atoms with van der Waals surface area (Å²) in [4.78, 5) is 12.1. The lowest BCUT2D eigenvalue weighted by molar-refractivity contribution is -0.121. The quantitative estimate of drug-likeness (QED) is 0.710. The molecule has 0 saturated heterocycles. The fourth-order valence-corrected chi connectivity index (χ4v) is 2.77. The van der Waals surface area contributed by atoms with E-state index in [1.165, 1.54) is 12.1 Å². The fraction of sp³-hybridized carbons (Fsp3) is 0.188. The van der Waals surface area contributed by atoms with Gasteiger partial charge in [0, 0.05) is 3.57 Å². The Morgan fingerprint density at radius 3 is 2.73 bits per heavy atom. The first kappa shape index (κ1) is 17.2. The lowest BCUT2D eigenvalue weighted by Crippen LogP contribution is -2.32. The lowest BCUT2D eigenvalue weighted by atomic mass is 10.1. The van der Waals surface area contributed by atoms with Crippen LogP contribution in [0, 0.1) is 9.39 Å². The molecule has 6 heteroatoms. The molecule has 2 rings (SSSR count). The lowest BCUT2D eigenvalue weighted by Gasteiger charge is -2.17. The van der Waals surface area contributed by atoms with Crippen molar-refractivity contribution in [3.63, 3.8) is 0 Å². The van der Waals surface area contributed by atoms with E-state index in [1.807, 2.05) is 24.3 Å². The van der Waals surface area contributed by atoms with Gasteiger partial charge in [-0.1, -0.05) is 29.8 Å². The van der Waals surface area contributed by atoms with Crippen molar-refractivity contribution in [2.75, 3.05) is 6.61 Å². The van der Waals surface area contributed by atoms with Crippen molar-refractivity contribution in [1.82, 2.24) is 5.32 Å². The van der Waals surface area contributed by atoms with Crippen molar-refractivity contribution in [1.29, 1.82) is 0 Å². The van der Waals surface area contributed by atoms with Crippen LogP contribution in [-0.4, -0.2) is 17.6 Å². The maximum atomic E-state index is 13.5.